The molecule has 29 heavy (non-hydrogen) atoms. The SMILES string of the molecule is COCCCCC(C)C(=S)OC(OC(=S)C(C)CCCCOC)c1ccccc1. The van der Waals surface area contributed by atoms with Crippen molar-refractivity contribution in [2.24, 2.45) is 11.8 Å². The van der Waals surface area contributed by atoms with Gasteiger partial charge in [-0.2, -0.15) is 0 Å². The maximum absolute atomic E-state index is 6.09. The fourth-order valence-electron chi connectivity index (χ4n) is 2.84. The van der Waals surface area contributed by atoms with Crippen molar-refractivity contribution in [1.29, 1.82) is 0 Å². The van der Waals surface area contributed by atoms with E-state index in [0.29, 0.717) is 10.1 Å². The first kappa shape index (κ1) is 26.0. The van der Waals surface area contributed by atoms with Crippen LogP contribution in [0.25, 0.3) is 0 Å². The highest BCUT2D eigenvalue weighted by atomic mass is 32.1. The third-order valence-electron chi connectivity index (χ3n) is 4.79. The molecule has 0 aliphatic carbocycles. The molecule has 1 aromatic carbocycles. The number of ether oxygens (including phenoxy) is 4. The van der Waals surface area contributed by atoms with E-state index in [2.05, 4.69) is 13.8 Å². The zero-order valence-corrected chi connectivity index (χ0v) is 19.9. The molecule has 0 aromatic heterocycles. The fraction of sp³-hybridized carbons (Fsp3) is 0.652. The van der Waals surface area contributed by atoms with Crippen LogP contribution in [0.2, 0.25) is 0 Å². The Hall–Kier alpha value is -1.08. The third kappa shape index (κ3) is 11.0. The van der Waals surface area contributed by atoms with E-state index in [1.807, 2.05) is 30.3 Å². The van der Waals surface area contributed by atoms with E-state index in [1.54, 1.807) is 14.2 Å². The Morgan fingerprint density at radius 1 is 0.759 bits per heavy atom. The van der Waals surface area contributed by atoms with Crippen LogP contribution in [-0.4, -0.2) is 37.5 Å². The van der Waals surface area contributed by atoms with Gasteiger partial charge in [-0.15, -0.1) is 0 Å². The summed E-state index contributed by atoms with van der Waals surface area (Å²) in [6, 6.07) is 9.84. The predicted molar refractivity (Wildman–Crippen MR) is 126 cm³/mol. The van der Waals surface area contributed by atoms with E-state index < -0.39 is 6.29 Å². The maximum Gasteiger partial charge on any atom is 0.268 e. The van der Waals surface area contributed by atoms with E-state index in [-0.39, 0.29) is 11.8 Å². The molecule has 0 radical (unpaired) electrons. The first-order valence-electron chi connectivity index (χ1n) is 10.4. The highest BCUT2D eigenvalue weighted by molar-refractivity contribution is 7.80. The molecular formula is C23H36O4S2. The average Bonchev–Trinajstić information content (AvgIpc) is 2.73. The van der Waals surface area contributed by atoms with E-state index >= 15 is 0 Å². The zero-order valence-electron chi connectivity index (χ0n) is 18.2. The summed E-state index contributed by atoms with van der Waals surface area (Å²) in [6.45, 7) is 5.72. The highest BCUT2D eigenvalue weighted by Gasteiger charge is 2.22. The summed E-state index contributed by atoms with van der Waals surface area (Å²) in [5.41, 5.74) is 0.912. The van der Waals surface area contributed by atoms with Gasteiger partial charge in [-0.25, -0.2) is 0 Å². The van der Waals surface area contributed by atoms with Crippen molar-refractivity contribution in [1.82, 2.24) is 0 Å². The lowest BCUT2D eigenvalue weighted by Gasteiger charge is -2.25. The summed E-state index contributed by atoms with van der Waals surface area (Å²) in [7, 11) is 3.45. The van der Waals surface area contributed by atoms with Gasteiger partial charge in [0.05, 0.1) is 0 Å². The second-order valence-corrected chi connectivity index (χ2v) is 8.20. The van der Waals surface area contributed by atoms with Crippen LogP contribution in [-0.2, 0) is 18.9 Å². The molecule has 2 unspecified atom stereocenters. The van der Waals surface area contributed by atoms with Crippen LogP contribution < -0.4 is 0 Å². The molecule has 2 atom stereocenters. The molecule has 1 aromatic rings. The Balaban J connectivity index is 2.65. The lowest BCUT2D eigenvalue weighted by Crippen LogP contribution is -2.23. The second-order valence-electron chi connectivity index (χ2n) is 7.40. The molecular weight excluding hydrogens is 404 g/mol. The predicted octanol–water partition coefficient (Wildman–Crippen LogP) is 6.28. The molecule has 1 rings (SSSR count). The molecule has 6 heteroatoms. The van der Waals surface area contributed by atoms with Crippen molar-refractivity contribution >= 4 is 34.5 Å². The summed E-state index contributed by atoms with van der Waals surface area (Å²) < 4.78 is 22.4. The van der Waals surface area contributed by atoms with Gasteiger partial charge in [-0.05, 0) is 50.1 Å². The smallest absolute Gasteiger partial charge is 0.268 e. The van der Waals surface area contributed by atoms with Crippen LogP contribution in [0.3, 0.4) is 0 Å². The molecule has 0 spiro atoms. The largest absolute Gasteiger partial charge is 0.444 e. The van der Waals surface area contributed by atoms with Gasteiger partial charge >= 0.3 is 0 Å². The number of unbranched alkanes of at least 4 members (excludes halogenated alkanes) is 2. The fourth-order valence-corrected chi connectivity index (χ4v) is 3.25. The molecule has 0 bridgehead atoms. The Morgan fingerprint density at radius 3 is 1.62 bits per heavy atom. The molecule has 0 fully saturated rings. The van der Waals surface area contributed by atoms with Crippen molar-refractivity contribution in [3.8, 4) is 0 Å². The van der Waals surface area contributed by atoms with Crippen LogP contribution in [0.1, 0.15) is 64.2 Å². The van der Waals surface area contributed by atoms with Crippen LogP contribution in [0, 0.1) is 11.8 Å². The Bertz CT molecular complexity index is 548. The molecule has 0 aliphatic rings. The first-order valence-corrected chi connectivity index (χ1v) is 11.2. The van der Waals surface area contributed by atoms with Gasteiger partial charge in [0.2, 0.25) is 0 Å². The summed E-state index contributed by atoms with van der Waals surface area (Å²) in [4.78, 5) is 0. The van der Waals surface area contributed by atoms with Gasteiger partial charge in [0.15, 0.2) is 10.1 Å². The molecule has 0 amide bonds. The van der Waals surface area contributed by atoms with Crippen molar-refractivity contribution < 1.29 is 18.9 Å². The summed E-state index contributed by atoms with van der Waals surface area (Å²) in [5.74, 6) is 0.327. The monoisotopic (exact) mass is 440 g/mol. The molecule has 0 N–H and O–H groups in total. The molecule has 4 nitrogen and oxygen atoms in total. The second kappa shape index (κ2) is 15.7. The number of methoxy groups -OCH3 is 2. The third-order valence-corrected chi connectivity index (χ3v) is 5.79. The van der Waals surface area contributed by atoms with E-state index in [9.17, 15) is 0 Å². The van der Waals surface area contributed by atoms with Crippen molar-refractivity contribution in [3.05, 3.63) is 35.9 Å². The van der Waals surface area contributed by atoms with Crippen molar-refractivity contribution in [3.63, 3.8) is 0 Å². The summed E-state index contributed by atoms with van der Waals surface area (Å²) >= 11 is 11.1. The number of rotatable bonds is 15. The van der Waals surface area contributed by atoms with Crippen molar-refractivity contribution in [2.45, 2.75) is 58.7 Å². The van der Waals surface area contributed by atoms with E-state index in [1.165, 1.54) is 0 Å². The normalized spacial score (nSPS) is 14.1. The molecule has 0 heterocycles. The van der Waals surface area contributed by atoms with Crippen LogP contribution >= 0.6 is 24.4 Å². The zero-order chi connectivity index (χ0) is 21.5. The Kier molecular flexibility index (Phi) is 14.1. The van der Waals surface area contributed by atoms with Crippen LogP contribution in [0.15, 0.2) is 30.3 Å². The quantitative estimate of drug-likeness (QED) is 0.181. The number of hydrogen-bond donors (Lipinski definition) is 0. The maximum atomic E-state index is 6.09. The minimum Gasteiger partial charge on any atom is -0.444 e. The Morgan fingerprint density at radius 2 is 1.21 bits per heavy atom. The standard InChI is InChI=1S/C23H36O4S2/c1-18(12-8-10-16-24-3)22(28)26-21(20-14-6-5-7-15-20)27-23(29)19(2)13-9-11-17-25-4/h5-7,14-15,18-19,21H,8-13,16-17H2,1-4H3. The molecule has 164 valence electrons. The number of benzene rings is 1. The summed E-state index contributed by atoms with van der Waals surface area (Å²) in [6.07, 6.45) is 5.45. The van der Waals surface area contributed by atoms with Gasteiger partial charge in [0.25, 0.3) is 6.29 Å². The van der Waals surface area contributed by atoms with Gasteiger partial charge in [0.1, 0.15) is 0 Å². The van der Waals surface area contributed by atoms with Gasteiger partial charge in [-0.3, -0.25) is 0 Å². The topological polar surface area (TPSA) is 36.9 Å². The molecule has 0 saturated carbocycles. The van der Waals surface area contributed by atoms with E-state index in [4.69, 9.17) is 43.4 Å². The van der Waals surface area contributed by atoms with Gasteiger partial charge < -0.3 is 18.9 Å². The molecule has 0 saturated heterocycles. The number of thiocarbonyl (C=S) groups is 2. The van der Waals surface area contributed by atoms with E-state index in [0.717, 1.165) is 57.3 Å². The molecule has 0 aliphatic heterocycles. The highest BCUT2D eigenvalue weighted by Crippen LogP contribution is 2.25. The Labute approximate surface area is 187 Å². The van der Waals surface area contributed by atoms with Crippen LogP contribution in [0.4, 0.5) is 0 Å². The average molecular weight is 441 g/mol. The minimum absolute atomic E-state index is 0.164. The van der Waals surface area contributed by atoms with Gasteiger partial charge in [0, 0.05) is 44.8 Å². The lowest BCUT2D eigenvalue weighted by atomic mass is 10.0. The minimum atomic E-state index is -0.612. The van der Waals surface area contributed by atoms with Crippen molar-refractivity contribution in [2.75, 3.05) is 27.4 Å². The van der Waals surface area contributed by atoms with Gasteiger partial charge in [-0.1, -0.05) is 57.0 Å². The summed E-state index contributed by atoms with van der Waals surface area (Å²) in [5, 5.41) is 1.12. The van der Waals surface area contributed by atoms with Crippen LogP contribution in [0.5, 0.6) is 0 Å². The first-order chi connectivity index (χ1) is 14.0. The number of hydrogen-bond acceptors (Lipinski definition) is 6. The lowest BCUT2D eigenvalue weighted by molar-refractivity contribution is -0.0214.